The van der Waals surface area contributed by atoms with Crippen LogP contribution in [-0.4, -0.2) is 47.8 Å². The van der Waals surface area contributed by atoms with E-state index in [1.165, 1.54) is 10.0 Å². The molecule has 0 radical (unpaired) electrons. The molecular weight excluding hydrogens is 468 g/mol. The zero-order chi connectivity index (χ0) is 23.7. The normalized spacial score (nSPS) is 11.0. The minimum absolute atomic E-state index is 0.0139. The third-order valence-corrected chi connectivity index (χ3v) is 6.31. The number of anilines is 2. The molecule has 0 aliphatic heterocycles. The zero-order valence-corrected chi connectivity index (χ0v) is 20.2. The molecule has 0 aromatic heterocycles. The topological polar surface area (TPSA) is 111 Å². The maximum absolute atomic E-state index is 13.1. The van der Waals surface area contributed by atoms with Crippen molar-refractivity contribution in [2.45, 2.75) is 13.8 Å². The maximum atomic E-state index is 13.1. The Balaban J connectivity index is 2.26. The van der Waals surface area contributed by atoms with Crippen LogP contribution in [0, 0.1) is 0 Å². The monoisotopic (exact) mass is 494 g/mol. The molecule has 32 heavy (non-hydrogen) atoms. The lowest BCUT2D eigenvalue weighted by atomic mass is 10.3. The van der Waals surface area contributed by atoms with Crippen LogP contribution in [0.5, 0.6) is 0 Å². The third kappa shape index (κ3) is 6.60. The summed E-state index contributed by atoms with van der Waals surface area (Å²) in [6, 6.07) is 17.4. The Morgan fingerprint density at radius 3 is 1.97 bits per heavy atom. The average molecular weight is 495 g/mol. The molecule has 0 heterocycles. The summed E-state index contributed by atoms with van der Waals surface area (Å²) < 4.78 is 27.3. The minimum Gasteiger partial charge on any atom is -0.375 e. The molecule has 12 heteroatoms. The van der Waals surface area contributed by atoms with Crippen LogP contribution in [0.2, 0.25) is 0 Å². The predicted octanol–water partition coefficient (Wildman–Crippen LogP) is 1.74. The Morgan fingerprint density at radius 1 is 0.969 bits per heavy atom. The van der Waals surface area contributed by atoms with E-state index in [9.17, 15) is 13.2 Å². The lowest BCUT2D eigenvalue weighted by molar-refractivity contribution is -0.118. The Hall–Kier alpha value is -2.80. The first kappa shape index (κ1) is 25.5. The van der Waals surface area contributed by atoms with Gasteiger partial charge in [0.25, 0.3) is 5.91 Å². The summed E-state index contributed by atoms with van der Waals surface area (Å²) >= 11 is 10.4. The van der Waals surface area contributed by atoms with Gasteiger partial charge in [-0.3, -0.25) is 10.2 Å². The van der Waals surface area contributed by atoms with Crippen molar-refractivity contribution >= 4 is 62.0 Å². The van der Waals surface area contributed by atoms with Crippen LogP contribution in [-0.2, 0) is 14.8 Å². The van der Waals surface area contributed by atoms with E-state index in [1.54, 1.807) is 61.5 Å². The van der Waals surface area contributed by atoms with Crippen LogP contribution in [0.3, 0.4) is 0 Å². The number of carbonyl (C=O) groups is 1. The number of benzene rings is 2. The van der Waals surface area contributed by atoms with Gasteiger partial charge in [-0.15, -0.1) is 4.41 Å². The van der Waals surface area contributed by atoms with Crippen LogP contribution in [0.25, 0.3) is 0 Å². The van der Waals surface area contributed by atoms with Crippen molar-refractivity contribution in [3.63, 3.8) is 0 Å². The number of amides is 1. The highest BCUT2D eigenvalue weighted by atomic mass is 32.2. The summed E-state index contributed by atoms with van der Waals surface area (Å²) in [6.07, 6.45) is 0. The van der Waals surface area contributed by atoms with Gasteiger partial charge in [-0.1, -0.05) is 36.4 Å². The molecule has 0 aliphatic rings. The van der Waals surface area contributed by atoms with Crippen molar-refractivity contribution in [3.05, 3.63) is 60.7 Å². The number of sulfonamides is 1. The number of carbonyl (C=O) groups excluding carboxylic acids is 1. The molecule has 0 saturated heterocycles. The molecule has 0 fully saturated rings. The molecule has 0 aliphatic carbocycles. The summed E-state index contributed by atoms with van der Waals surface area (Å²) in [5.74, 6) is -1.62. The Labute approximate surface area is 199 Å². The second kappa shape index (κ2) is 11.7. The molecule has 0 unspecified atom stereocenters. The summed E-state index contributed by atoms with van der Waals surface area (Å²) in [5, 5.41) is 5.52. The van der Waals surface area contributed by atoms with Gasteiger partial charge in [0.05, 0.1) is 11.4 Å². The van der Waals surface area contributed by atoms with Crippen molar-refractivity contribution < 1.29 is 13.2 Å². The molecular formula is C20H26N6O3S3. The summed E-state index contributed by atoms with van der Waals surface area (Å²) in [4.78, 5) is 12.8. The van der Waals surface area contributed by atoms with Crippen LogP contribution in [0.15, 0.2) is 60.7 Å². The largest absolute Gasteiger partial charge is 0.375 e. The van der Waals surface area contributed by atoms with Crippen LogP contribution in [0.1, 0.15) is 13.8 Å². The first-order valence-electron chi connectivity index (χ1n) is 9.78. The SMILES string of the molecule is CCNC(=S)N(NC(=O)CS(=O)(=O)N(CC)N(C(N)=S)c1ccccc1)c1ccccc1. The van der Waals surface area contributed by atoms with Crippen LogP contribution >= 0.6 is 24.4 Å². The fourth-order valence-electron chi connectivity index (χ4n) is 2.83. The van der Waals surface area contributed by atoms with Crippen LogP contribution < -0.4 is 26.5 Å². The van der Waals surface area contributed by atoms with Crippen molar-refractivity contribution in [3.8, 4) is 0 Å². The Morgan fingerprint density at radius 2 is 1.50 bits per heavy atom. The van der Waals surface area contributed by atoms with E-state index < -0.39 is 21.7 Å². The van der Waals surface area contributed by atoms with Gasteiger partial charge < -0.3 is 11.1 Å². The van der Waals surface area contributed by atoms with Crippen LogP contribution in [0.4, 0.5) is 11.4 Å². The number of thiocarbonyl (C=S) groups is 2. The second-order valence-corrected chi connectivity index (χ2v) is 9.10. The number of rotatable bonds is 8. The molecule has 9 nitrogen and oxygen atoms in total. The highest BCUT2D eigenvalue weighted by molar-refractivity contribution is 7.90. The number of nitrogens with zero attached hydrogens (tertiary/aromatic N) is 3. The van der Waals surface area contributed by atoms with E-state index in [0.29, 0.717) is 17.9 Å². The highest BCUT2D eigenvalue weighted by Crippen LogP contribution is 2.19. The Bertz CT molecular complexity index is 1040. The fourth-order valence-corrected chi connectivity index (χ4v) is 4.76. The predicted molar refractivity (Wildman–Crippen MR) is 135 cm³/mol. The molecule has 0 bridgehead atoms. The van der Waals surface area contributed by atoms with E-state index in [-0.39, 0.29) is 16.8 Å². The molecule has 0 atom stereocenters. The van der Waals surface area contributed by atoms with Crippen molar-refractivity contribution in [1.82, 2.24) is 15.2 Å². The summed E-state index contributed by atoms with van der Waals surface area (Å²) in [5.41, 5.74) is 9.42. The smallest absolute Gasteiger partial charge is 0.255 e. The summed E-state index contributed by atoms with van der Waals surface area (Å²) in [7, 11) is -4.14. The first-order chi connectivity index (χ1) is 15.2. The lowest BCUT2D eigenvalue weighted by Gasteiger charge is -2.33. The fraction of sp³-hybridized carbons (Fsp3) is 0.250. The number of hydrazine groups is 2. The number of hydrogen-bond acceptors (Lipinski definition) is 5. The molecule has 2 aromatic rings. The van der Waals surface area contributed by atoms with Gasteiger partial charge in [0.15, 0.2) is 10.2 Å². The van der Waals surface area contributed by atoms with Gasteiger partial charge in [-0.2, -0.15) is 0 Å². The number of nitrogens with two attached hydrogens (primary N) is 1. The van der Waals surface area contributed by atoms with E-state index >= 15 is 0 Å². The number of hydrogen-bond donors (Lipinski definition) is 3. The average Bonchev–Trinajstić information content (AvgIpc) is 2.76. The van der Waals surface area contributed by atoms with Gasteiger partial charge in [0.1, 0.15) is 5.75 Å². The molecule has 4 N–H and O–H groups in total. The maximum Gasteiger partial charge on any atom is 0.255 e. The third-order valence-electron chi connectivity index (χ3n) is 4.12. The van der Waals surface area contributed by atoms with E-state index in [0.717, 1.165) is 4.41 Å². The second-order valence-electron chi connectivity index (χ2n) is 6.42. The van der Waals surface area contributed by atoms with Crippen molar-refractivity contribution in [1.29, 1.82) is 0 Å². The quantitative estimate of drug-likeness (QED) is 0.373. The molecule has 0 spiro atoms. The highest BCUT2D eigenvalue weighted by Gasteiger charge is 2.32. The van der Waals surface area contributed by atoms with Gasteiger partial charge in [-0.05, 0) is 62.5 Å². The molecule has 172 valence electrons. The number of para-hydroxylation sites is 2. The lowest BCUT2D eigenvalue weighted by Crippen LogP contribution is -2.56. The molecule has 2 rings (SSSR count). The molecule has 1 amide bonds. The van der Waals surface area contributed by atoms with Crippen molar-refractivity contribution in [2.24, 2.45) is 5.73 Å². The molecule has 2 aromatic carbocycles. The van der Waals surface area contributed by atoms with Gasteiger partial charge in [0.2, 0.25) is 10.0 Å². The van der Waals surface area contributed by atoms with Gasteiger partial charge >= 0.3 is 0 Å². The molecule has 0 saturated carbocycles. The van der Waals surface area contributed by atoms with Gasteiger partial charge in [0, 0.05) is 13.1 Å². The van der Waals surface area contributed by atoms with Crippen molar-refractivity contribution in [2.75, 3.05) is 28.9 Å². The Kier molecular flexibility index (Phi) is 9.32. The minimum atomic E-state index is -4.14. The van der Waals surface area contributed by atoms with E-state index in [2.05, 4.69) is 10.7 Å². The summed E-state index contributed by atoms with van der Waals surface area (Å²) in [6.45, 7) is 4.02. The zero-order valence-electron chi connectivity index (χ0n) is 17.8. The number of nitrogens with one attached hydrogen (secondary N) is 2. The van der Waals surface area contributed by atoms with E-state index in [4.69, 9.17) is 30.2 Å². The first-order valence-corrected chi connectivity index (χ1v) is 12.2. The van der Waals surface area contributed by atoms with E-state index in [1.807, 2.05) is 13.0 Å². The van der Waals surface area contributed by atoms with Gasteiger partial charge in [-0.25, -0.2) is 18.4 Å². The standard InChI is InChI=1S/C20H26N6O3S3/c1-3-22-20(31)25(16-11-7-5-8-12-16)23-18(27)15-32(28,29)24(4-2)26(19(21)30)17-13-9-6-10-14-17/h5-14H,3-4,15H2,1-2H3,(H2,21,30)(H,22,31)(H,23,27).